The topological polar surface area (TPSA) is 11.4 Å². The number of aryl methyl sites for hydroxylation is 6. The molecular weight excluding hydrogens is 870 g/mol. The predicted octanol–water partition coefficient (Wildman–Crippen LogP) is 16.6. The number of hydrogen-bond acceptors (Lipinski definition) is 2. The van der Waals surface area contributed by atoms with E-state index >= 15 is 0 Å². The zero-order valence-corrected chi connectivity index (χ0v) is 44.1. The predicted molar refractivity (Wildman–Crippen MR) is 311 cm³/mol. The molecular formula is C68H64BN3. The second kappa shape index (κ2) is 16.5. The molecule has 354 valence electrons. The Balaban J connectivity index is 1.32. The van der Waals surface area contributed by atoms with E-state index in [9.17, 15) is 0 Å². The minimum absolute atomic E-state index is 0.107. The molecule has 0 atom stereocenters. The van der Waals surface area contributed by atoms with Gasteiger partial charge in [-0.05, 0) is 161 Å². The van der Waals surface area contributed by atoms with Gasteiger partial charge in [-0.2, -0.15) is 0 Å². The van der Waals surface area contributed by atoms with Crippen molar-refractivity contribution in [2.24, 2.45) is 0 Å². The van der Waals surface area contributed by atoms with E-state index in [2.05, 4.69) is 267 Å². The summed E-state index contributed by atoms with van der Waals surface area (Å²) in [5, 5.41) is 2.51. The summed E-state index contributed by atoms with van der Waals surface area (Å²) in [6.07, 6.45) is 0. The molecule has 0 saturated carbocycles. The van der Waals surface area contributed by atoms with Crippen molar-refractivity contribution in [1.29, 1.82) is 0 Å². The number of anilines is 6. The van der Waals surface area contributed by atoms with Gasteiger partial charge in [0.1, 0.15) is 0 Å². The van der Waals surface area contributed by atoms with Crippen LogP contribution in [0, 0.1) is 41.5 Å². The summed E-state index contributed by atoms with van der Waals surface area (Å²) in [5.74, 6) is 0. The minimum atomic E-state index is -0.163. The van der Waals surface area contributed by atoms with Crippen LogP contribution in [-0.4, -0.2) is 11.3 Å². The zero-order valence-electron chi connectivity index (χ0n) is 44.1. The summed E-state index contributed by atoms with van der Waals surface area (Å²) in [6, 6.07) is 65.1. The summed E-state index contributed by atoms with van der Waals surface area (Å²) in [4.78, 5) is 5.35. The average molecular weight is 934 g/mol. The van der Waals surface area contributed by atoms with E-state index in [0.717, 1.165) is 5.69 Å². The molecule has 0 fully saturated rings. The molecule has 10 aromatic rings. The maximum absolute atomic E-state index is 2.68. The molecule has 4 heteroatoms. The van der Waals surface area contributed by atoms with Crippen molar-refractivity contribution in [2.75, 3.05) is 9.80 Å². The number of para-hydroxylation sites is 2. The molecule has 0 saturated heterocycles. The molecule has 1 aromatic heterocycles. The van der Waals surface area contributed by atoms with Crippen LogP contribution < -0.4 is 26.2 Å². The molecule has 9 aromatic carbocycles. The van der Waals surface area contributed by atoms with Gasteiger partial charge in [0.15, 0.2) is 0 Å². The zero-order chi connectivity index (χ0) is 50.1. The van der Waals surface area contributed by atoms with E-state index in [1.165, 1.54) is 139 Å². The molecule has 0 radical (unpaired) electrons. The Bertz CT molecular complexity index is 3550. The molecule has 12 rings (SSSR count). The lowest BCUT2D eigenvalue weighted by Crippen LogP contribution is -2.62. The van der Waals surface area contributed by atoms with Crippen molar-refractivity contribution in [2.45, 2.75) is 93.9 Å². The third kappa shape index (κ3) is 7.08. The minimum Gasteiger partial charge on any atom is -0.311 e. The summed E-state index contributed by atoms with van der Waals surface area (Å²) < 4.78 is 2.53. The Hall–Kier alpha value is -7.56. The van der Waals surface area contributed by atoms with Gasteiger partial charge in [-0.15, -0.1) is 0 Å². The van der Waals surface area contributed by atoms with Crippen LogP contribution in [0.1, 0.15) is 86.1 Å². The second-order valence-electron chi connectivity index (χ2n) is 23.0. The number of hydrogen-bond donors (Lipinski definition) is 0. The van der Waals surface area contributed by atoms with Crippen molar-refractivity contribution in [1.82, 2.24) is 4.57 Å². The van der Waals surface area contributed by atoms with Crippen LogP contribution in [0.4, 0.5) is 34.1 Å². The number of fused-ring (bicyclic) bond motifs is 7. The fraction of sp³-hybridized carbons (Fsp3) is 0.206. The van der Waals surface area contributed by atoms with Crippen molar-refractivity contribution < 1.29 is 0 Å². The molecule has 0 N–H and O–H groups in total. The molecule has 0 spiro atoms. The number of rotatable bonds is 5. The van der Waals surface area contributed by atoms with Crippen LogP contribution >= 0.6 is 0 Å². The van der Waals surface area contributed by atoms with Crippen molar-refractivity contribution in [3.63, 3.8) is 0 Å². The molecule has 0 amide bonds. The maximum Gasteiger partial charge on any atom is 0.252 e. The normalized spacial score (nSPS) is 13.2. The summed E-state index contributed by atoms with van der Waals surface area (Å²) in [5.41, 5.74) is 29.8. The lowest BCUT2D eigenvalue weighted by atomic mass is 9.33. The van der Waals surface area contributed by atoms with Crippen LogP contribution in [0.25, 0.3) is 49.7 Å². The smallest absolute Gasteiger partial charge is 0.252 e. The Kier molecular flexibility index (Phi) is 10.4. The fourth-order valence-corrected chi connectivity index (χ4v) is 12.9. The third-order valence-corrected chi connectivity index (χ3v) is 15.7. The van der Waals surface area contributed by atoms with Crippen LogP contribution in [0.3, 0.4) is 0 Å². The Labute approximate surface area is 427 Å². The van der Waals surface area contributed by atoms with Gasteiger partial charge in [0.25, 0.3) is 6.71 Å². The second-order valence-corrected chi connectivity index (χ2v) is 23.0. The number of benzene rings is 9. The lowest BCUT2D eigenvalue weighted by molar-refractivity contribution is 0.592. The molecule has 0 aliphatic carbocycles. The van der Waals surface area contributed by atoms with E-state index in [4.69, 9.17) is 0 Å². The van der Waals surface area contributed by atoms with E-state index < -0.39 is 0 Å². The van der Waals surface area contributed by atoms with Gasteiger partial charge in [0.05, 0.1) is 28.1 Å². The lowest BCUT2D eigenvalue weighted by Gasteiger charge is -2.47. The number of nitrogens with zero attached hydrogens (tertiary/aromatic N) is 3. The van der Waals surface area contributed by atoms with Gasteiger partial charge in [0, 0.05) is 33.5 Å². The highest BCUT2D eigenvalue weighted by Gasteiger charge is 2.46. The van der Waals surface area contributed by atoms with Crippen LogP contribution in [0.2, 0.25) is 0 Å². The van der Waals surface area contributed by atoms with Crippen molar-refractivity contribution in [3.05, 3.63) is 214 Å². The third-order valence-electron chi connectivity index (χ3n) is 15.7. The standard InChI is InChI=1S/C68H64BN3/c1-41-31-43(3)65(44(4)32-41)71-60-39-54(67(7,8)9)52(47-23-15-13-16-24-47)37-56(60)69-57-38-53(48-25-17-14-18-26-48)55(68(10,11)12)40-61(57)72(66-45(5)33-42(2)34-46(66)6)63-36-49(35-62(71)64(63)69)70-58-29-21-19-27-50(58)51-28-20-22-30-59(51)70/h13-40H,1-12H3. The summed E-state index contributed by atoms with van der Waals surface area (Å²) in [6.45, 7) is 27.9. The molecule has 0 unspecified atom stereocenters. The quantitative estimate of drug-likeness (QED) is 0.159. The number of aromatic nitrogens is 1. The van der Waals surface area contributed by atoms with Gasteiger partial charge in [0.2, 0.25) is 0 Å². The SMILES string of the molecule is Cc1cc(C)c(N2c3cc(C(C)(C)C)c(-c4ccccc4)cc3B3c4cc(-c5ccccc5)c(C(C)(C)C)cc4N(c4c(C)cc(C)cc4C)c4cc(-n5c6ccccc6c6ccccc65)cc2c43)c(C)c1. The Morgan fingerprint density at radius 2 is 0.736 bits per heavy atom. The monoisotopic (exact) mass is 934 g/mol. The Morgan fingerprint density at radius 1 is 0.375 bits per heavy atom. The Morgan fingerprint density at radius 3 is 1.11 bits per heavy atom. The van der Waals surface area contributed by atoms with Crippen LogP contribution in [0.15, 0.2) is 170 Å². The van der Waals surface area contributed by atoms with Crippen LogP contribution in [0.5, 0.6) is 0 Å². The molecule has 72 heavy (non-hydrogen) atoms. The van der Waals surface area contributed by atoms with Crippen molar-refractivity contribution in [3.8, 4) is 27.9 Å². The van der Waals surface area contributed by atoms with Crippen molar-refractivity contribution >= 4 is 79.0 Å². The first kappa shape index (κ1) is 45.6. The summed E-state index contributed by atoms with van der Waals surface area (Å²) in [7, 11) is 0. The fourth-order valence-electron chi connectivity index (χ4n) is 12.9. The van der Waals surface area contributed by atoms with Gasteiger partial charge < -0.3 is 14.4 Å². The van der Waals surface area contributed by atoms with E-state index in [1.54, 1.807) is 0 Å². The van der Waals surface area contributed by atoms with Gasteiger partial charge >= 0.3 is 0 Å². The van der Waals surface area contributed by atoms with E-state index in [-0.39, 0.29) is 17.5 Å². The highest BCUT2D eigenvalue weighted by molar-refractivity contribution is 7.00. The van der Waals surface area contributed by atoms with E-state index in [0.29, 0.717) is 0 Å². The van der Waals surface area contributed by atoms with E-state index in [1.807, 2.05) is 0 Å². The average Bonchev–Trinajstić information content (AvgIpc) is 3.68. The first-order valence-corrected chi connectivity index (χ1v) is 25.9. The highest BCUT2D eigenvalue weighted by atomic mass is 15.2. The van der Waals surface area contributed by atoms with Gasteiger partial charge in [-0.3, -0.25) is 0 Å². The van der Waals surface area contributed by atoms with Gasteiger partial charge in [-0.25, -0.2) is 0 Å². The van der Waals surface area contributed by atoms with Gasteiger partial charge in [-0.1, -0.05) is 186 Å². The molecule has 3 heterocycles. The molecule has 2 aliphatic heterocycles. The highest BCUT2D eigenvalue weighted by Crippen LogP contribution is 2.51. The molecule has 0 bridgehead atoms. The molecule has 2 aliphatic rings. The first-order valence-electron chi connectivity index (χ1n) is 25.9. The molecule has 3 nitrogen and oxygen atoms in total. The summed E-state index contributed by atoms with van der Waals surface area (Å²) >= 11 is 0. The maximum atomic E-state index is 2.68. The largest absolute Gasteiger partial charge is 0.311 e. The first-order chi connectivity index (χ1) is 34.5. The van der Waals surface area contributed by atoms with Crippen LogP contribution in [-0.2, 0) is 10.8 Å².